The van der Waals surface area contributed by atoms with Gasteiger partial charge in [-0.3, -0.25) is 9.00 Å². The molecule has 0 spiro atoms. The first-order valence-electron chi connectivity index (χ1n) is 6.76. The van der Waals surface area contributed by atoms with Crippen molar-refractivity contribution in [2.24, 2.45) is 0 Å². The molecular weight excluding hydrogens is 300 g/mol. The molecule has 2 atom stereocenters. The fourth-order valence-electron chi connectivity index (χ4n) is 2.07. The van der Waals surface area contributed by atoms with Gasteiger partial charge in [-0.2, -0.15) is 0 Å². The average Bonchev–Trinajstić information content (AvgIpc) is 2.53. The summed E-state index contributed by atoms with van der Waals surface area (Å²) in [4.78, 5) is 18.6. The Labute approximate surface area is 132 Å². The smallest absolute Gasteiger partial charge is 0.276 e. The minimum atomic E-state index is -1.03. The van der Waals surface area contributed by atoms with Gasteiger partial charge in [0.2, 0.25) is 0 Å². The molecule has 0 bridgehead atoms. The first kappa shape index (κ1) is 16.2. The number of carbonyl (C=O) groups is 1. The molecule has 0 aliphatic carbocycles. The zero-order valence-electron chi connectivity index (χ0n) is 12.7. The number of hydrogen-bond acceptors (Lipinski definition) is 4. The van der Waals surface area contributed by atoms with Crippen molar-refractivity contribution in [1.29, 1.82) is 0 Å². The molecule has 0 radical (unpaired) electrons. The molecule has 0 aliphatic rings. The third-order valence-corrected chi connectivity index (χ3v) is 4.52. The quantitative estimate of drug-likeness (QED) is 0.939. The Morgan fingerprint density at radius 3 is 2.45 bits per heavy atom. The predicted octanol–water partition coefficient (Wildman–Crippen LogP) is 2.36. The van der Waals surface area contributed by atoms with Crippen LogP contribution in [0.2, 0.25) is 0 Å². The van der Waals surface area contributed by atoms with Gasteiger partial charge in [0.1, 0.15) is 5.75 Å². The van der Waals surface area contributed by atoms with Crippen molar-refractivity contribution in [1.82, 2.24) is 9.88 Å². The third kappa shape index (κ3) is 3.33. The van der Waals surface area contributed by atoms with Gasteiger partial charge in [-0.05, 0) is 36.8 Å². The highest BCUT2D eigenvalue weighted by Crippen LogP contribution is 2.23. The summed E-state index contributed by atoms with van der Waals surface area (Å²) < 4.78 is 11.4. The molecule has 0 fully saturated rings. The lowest BCUT2D eigenvalue weighted by Gasteiger charge is -2.25. The highest BCUT2D eigenvalue weighted by Gasteiger charge is 2.22. The van der Waals surface area contributed by atoms with Gasteiger partial charge in [-0.25, -0.2) is 4.98 Å². The van der Waals surface area contributed by atoms with Crippen molar-refractivity contribution in [3.8, 4) is 5.75 Å². The maximum absolute atomic E-state index is 12.4. The van der Waals surface area contributed by atoms with Crippen LogP contribution in [-0.2, 0) is 10.8 Å². The van der Waals surface area contributed by atoms with Gasteiger partial charge in [0.05, 0.1) is 6.04 Å². The lowest BCUT2D eigenvalue weighted by molar-refractivity contribution is 0.0733. The molecule has 1 heterocycles. The largest absolute Gasteiger partial charge is 0.505 e. The zero-order chi connectivity index (χ0) is 16.3. The van der Waals surface area contributed by atoms with Crippen molar-refractivity contribution >= 4 is 16.7 Å². The summed E-state index contributed by atoms with van der Waals surface area (Å²) in [5.74, 6) is -0.489. The molecule has 2 aromatic rings. The van der Waals surface area contributed by atoms with E-state index in [0.29, 0.717) is 0 Å². The molecule has 5 nitrogen and oxygen atoms in total. The lowest BCUT2D eigenvalue weighted by Crippen LogP contribution is -2.30. The van der Waals surface area contributed by atoms with Crippen LogP contribution in [-0.4, -0.2) is 38.4 Å². The Morgan fingerprint density at radius 1 is 1.27 bits per heavy atom. The summed E-state index contributed by atoms with van der Waals surface area (Å²) >= 11 is 0. The van der Waals surface area contributed by atoms with Crippen molar-refractivity contribution in [3.05, 3.63) is 53.9 Å². The van der Waals surface area contributed by atoms with Crippen molar-refractivity contribution in [2.45, 2.75) is 17.9 Å². The first-order chi connectivity index (χ1) is 10.4. The second kappa shape index (κ2) is 6.70. The number of hydrogen-bond donors (Lipinski definition) is 1. The van der Waals surface area contributed by atoms with Gasteiger partial charge in [0, 0.05) is 35.2 Å². The molecular formula is C16H18N2O3S. The summed E-state index contributed by atoms with van der Waals surface area (Å²) in [6.45, 7) is 1.88. The standard InChI is InChI=1S/C16H18N2O3S/c1-11(12-6-8-13(9-7-12)22(3)21)18(2)16(20)15-14(19)5-4-10-17-15/h4-11,19H,1-3H3/t11-,22-/m1/s1. The molecule has 2 rings (SSSR count). The monoisotopic (exact) mass is 318 g/mol. The normalized spacial score (nSPS) is 13.4. The topological polar surface area (TPSA) is 70.5 Å². The van der Waals surface area contributed by atoms with Crippen LogP contribution in [0, 0.1) is 0 Å². The fraction of sp³-hybridized carbons (Fsp3) is 0.250. The highest BCUT2D eigenvalue weighted by molar-refractivity contribution is 7.84. The maximum atomic E-state index is 12.4. The molecule has 1 amide bonds. The molecule has 116 valence electrons. The van der Waals surface area contributed by atoms with E-state index in [2.05, 4.69) is 4.98 Å². The Bertz CT molecular complexity index is 701. The summed E-state index contributed by atoms with van der Waals surface area (Å²) in [6.07, 6.45) is 3.09. The van der Waals surface area contributed by atoms with Gasteiger partial charge in [0.15, 0.2) is 5.69 Å². The van der Waals surface area contributed by atoms with Crippen molar-refractivity contribution in [3.63, 3.8) is 0 Å². The van der Waals surface area contributed by atoms with E-state index in [1.807, 2.05) is 19.1 Å². The Balaban J connectivity index is 2.21. The van der Waals surface area contributed by atoms with Gasteiger partial charge >= 0.3 is 0 Å². The van der Waals surface area contributed by atoms with E-state index in [-0.39, 0.29) is 23.4 Å². The van der Waals surface area contributed by atoms with E-state index in [0.717, 1.165) is 10.5 Å². The molecule has 6 heteroatoms. The van der Waals surface area contributed by atoms with Crippen LogP contribution in [0.4, 0.5) is 0 Å². The van der Waals surface area contributed by atoms with E-state index in [1.165, 1.54) is 17.2 Å². The number of aromatic nitrogens is 1. The minimum Gasteiger partial charge on any atom is -0.505 e. The Morgan fingerprint density at radius 2 is 1.91 bits per heavy atom. The molecule has 0 aliphatic heterocycles. The van der Waals surface area contributed by atoms with E-state index in [1.54, 1.807) is 31.5 Å². The molecule has 22 heavy (non-hydrogen) atoms. The van der Waals surface area contributed by atoms with Crippen molar-refractivity contribution in [2.75, 3.05) is 13.3 Å². The van der Waals surface area contributed by atoms with Crippen molar-refractivity contribution < 1.29 is 14.1 Å². The highest BCUT2D eigenvalue weighted by atomic mass is 32.2. The second-order valence-corrected chi connectivity index (χ2v) is 6.37. The van der Waals surface area contributed by atoms with Crippen LogP contribution in [0.25, 0.3) is 0 Å². The van der Waals surface area contributed by atoms with Gasteiger partial charge in [0.25, 0.3) is 5.91 Å². The number of aromatic hydroxyl groups is 1. The summed E-state index contributed by atoms with van der Waals surface area (Å²) in [5.41, 5.74) is 0.948. The molecule has 0 saturated heterocycles. The first-order valence-corrected chi connectivity index (χ1v) is 8.32. The maximum Gasteiger partial charge on any atom is 0.276 e. The Hall–Kier alpha value is -2.21. The molecule has 1 aromatic carbocycles. The number of pyridine rings is 1. The average molecular weight is 318 g/mol. The Kier molecular flexibility index (Phi) is 4.92. The van der Waals surface area contributed by atoms with Crippen LogP contribution in [0.15, 0.2) is 47.5 Å². The SMILES string of the molecule is C[C@H](c1ccc([S@@](C)=O)cc1)N(C)C(=O)c1ncccc1O. The zero-order valence-corrected chi connectivity index (χ0v) is 13.5. The molecule has 1 aromatic heterocycles. The van der Waals surface area contributed by atoms with E-state index in [4.69, 9.17) is 0 Å². The number of rotatable bonds is 4. The number of benzene rings is 1. The van der Waals surface area contributed by atoms with Crippen LogP contribution >= 0.6 is 0 Å². The van der Waals surface area contributed by atoms with Crippen LogP contribution in [0.1, 0.15) is 29.0 Å². The van der Waals surface area contributed by atoms with Gasteiger partial charge in [-0.15, -0.1) is 0 Å². The number of amides is 1. The van der Waals surface area contributed by atoms with E-state index >= 15 is 0 Å². The molecule has 0 unspecified atom stereocenters. The lowest BCUT2D eigenvalue weighted by atomic mass is 10.1. The van der Waals surface area contributed by atoms with Gasteiger partial charge < -0.3 is 10.0 Å². The third-order valence-electron chi connectivity index (χ3n) is 3.58. The summed E-state index contributed by atoms with van der Waals surface area (Å²) in [5, 5.41) is 9.74. The molecule has 1 N–H and O–H groups in total. The predicted molar refractivity (Wildman–Crippen MR) is 85.2 cm³/mol. The number of carbonyl (C=O) groups excluding carboxylic acids is 1. The number of nitrogens with zero attached hydrogens (tertiary/aromatic N) is 2. The fourth-order valence-corrected chi connectivity index (χ4v) is 2.59. The molecule has 0 saturated carbocycles. The van der Waals surface area contributed by atoms with Crippen LogP contribution in [0.5, 0.6) is 5.75 Å². The van der Waals surface area contributed by atoms with Crippen LogP contribution < -0.4 is 0 Å². The minimum absolute atomic E-state index is 0.0307. The van der Waals surface area contributed by atoms with Gasteiger partial charge in [-0.1, -0.05) is 12.1 Å². The second-order valence-electron chi connectivity index (χ2n) is 4.99. The van der Waals surface area contributed by atoms with Crippen LogP contribution in [0.3, 0.4) is 0 Å². The summed E-state index contributed by atoms with van der Waals surface area (Å²) in [7, 11) is 0.633. The summed E-state index contributed by atoms with van der Waals surface area (Å²) in [6, 6.07) is 10.1. The van der Waals surface area contributed by atoms with E-state index < -0.39 is 10.8 Å². The van der Waals surface area contributed by atoms with E-state index in [9.17, 15) is 14.1 Å².